The predicted molar refractivity (Wildman–Crippen MR) is 80.2 cm³/mol. The van der Waals surface area contributed by atoms with Gasteiger partial charge in [-0.3, -0.25) is 4.79 Å². The molecule has 0 bridgehead atoms. The lowest BCUT2D eigenvalue weighted by Crippen LogP contribution is -2.42. The Morgan fingerprint density at radius 3 is 2.48 bits per heavy atom. The molecule has 1 aliphatic heterocycles. The Balaban J connectivity index is 1.78. The van der Waals surface area contributed by atoms with Crippen LogP contribution in [0.5, 0.6) is 0 Å². The first-order valence-corrected chi connectivity index (χ1v) is 7.40. The molecule has 0 N–H and O–H groups in total. The van der Waals surface area contributed by atoms with Crippen LogP contribution < -0.4 is 0 Å². The molecule has 1 amide bonds. The van der Waals surface area contributed by atoms with Gasteiger partial charge in [-0.2, -0.15) is 0 Å². The third kappa shape index (κ3) is 2.96. The van der Waals surface area contributed by atoms with Crippen LogP contribution in [0.25, 0.3) is 5.69 Å². The molecule has 1 aromatic carbocycles. The number of nitrogens with zero attached hydrogens (tertiary/aromatic N) is 4. The Hall–Kier alpha value is -2.17. The Bertz CT molecular complexity index is 612. The number of aromatic nitrogens is 3. The van der Waals surface area contributed by atoms with Crippen LogP contribution in [0, 0.1) is 11.8 Å². The van der Waals surface area contributed by atoms with Gasteiger partial charge in [-0.15, -0.1) is 5.10 Å². The van der Waals surface area contributed by atoms with E-state index in [1.54, 1.807) is 10.9 Å². The molecule has 0 spiro atoms. The van der Waals surface area contributed by atoms with Crippen molar-refractivity contribution < 1.29 is 4.79 Å². The van der Waals surface area contributed by atoms with Crippen molar-refractivity contribution in [3.8, 4) is 5.69 Å². The second-order valence-electron chi connectivity index (χ2n) is 6.04. The number of amides is 1. The molecule has 2 aromatic rings. The number of benzene rings is 1. The van der Waals surface area contributed by atoms with Gasteiger partial charge in [0.05, 0.1) is 11.9 Å². The molecule has 0 saturated carbocycles. The summed E-state index contributed by atoms with van der Waals surface area (Å²) in [7, 11) is 0. The summed E-state index contributed by atoms with van der Waals surface area (Å²) in [5, 5.41) is 8.10. The smallest absolute Gasteiger partial charge is 0.276 e. The minimum Gasteiger partial charge on any atom is -0.337 e. The molecule has 1 aliphatic rings. The van der Waals surface area contributed by atoms with Crippen molar-refractivity contribution in [3.05, 3.63) is 42.2 Å². The highest BCUT2D eigenvalue weighted by molar-refractivity contribution is 5.92. The lowest BCUT2D eigenvalue weighted by atomic mass is 9.92. The Kier molecular flexibility index (Phi) is 3.73. The van der Waals surface area contributed by atoms with E-state index < -0.39 is 0 Å². The maximum absolute atomic E-state index is 12.5. The van der Waals surface area contributed by atoms with Crippen molar-refractivity contribution in [1.29, 1.82) is 0 Å². The molecule has 21 heavy (non-hydrogen) atoms. The van der Waals surface area contributed by atoms with Gasteiger partial charge in [0, 0.05) is 13.1 Å². The number of carbonyl (C=O) groups is 1. The number of hydrogen-bond acceptors (Lipinski definition) is 3. The van der Waals surface area contributed by atoms with Crippen molar-refractivity contribution >= 4 is 5.91 Å². The lowest BCUT2D eigenvalue weighted by molar-refractivity contribution is 0.0617. The first kappa shape index (κ1) is 13.8. The topological polar surface area (TPSA) is 51.0 Å². The number of para-hydroxylation sites is 1. The van der Waals surface area contributed by atoms with E-state index in [4.69, 9.17) is 0 Å². The molecule has 0 radical (unpaired) electrons. The van der Waals surface area contributed by atoms with E-state index in [9.17, 15) is 4.79 Å². The van der Waals surface area contributed by atoms with Crippen LogP contribution in [0.1, 0.15) is 30.8 Å². The molecular formula is C16H20N4O. The van der Waals surface area contributed by atoms with Crippen molar-refractivity contribution in [2.24, 2.45) is 11.8 Å². The van der Waals surface area contributed by atoms with Crippen molar-refractivity contribution in [2.75, 3.05) is 13.1 Å². The lowest BCUT2D eigenvalue weighted by Gasteiger charge is -2.34. The number of hydrogen-bond donors (Lipinski definition) is 0. The Morgan fingerprint density at radius 1 is 1.14 bits per heavy atom. The molecule has 110 valence electrons. The van der Waals surface area contributed by atoms with Crippen LogP contribution in [-0.4, -0.2) is 38.9 Å². The molecule has 3 rings (SSSR count). The molecule has 2 atom stereocenters. The van der Waals surface area contributed by atoms with Crippen molar-refractivity contribution in [2.45, 2.75) is 20.3 Å². The molecule has 2 heterocycles. The minimum absolute atomic E-state index is 0.0180. The molecule has 0 aliphatic carbocycles. The van der Waals surface area contributed by atoms with E-state index >= 15 is 0 Å². The van der Waals surface area contributed by atoms with Gasteiger partial charge in [-0.05, 0) is 30.4 Å². The highest BCUT2D eigenvalue weighted by Crippen LogP contribution is 2.22. The van der Waals surface area contributed by atoms with Crippen LogP contribution in [0.15, 0.2) is 36.5 Å². The zero-order valence-electron chi connectivity index (χ0n) is 12.4. The van der Waals surface area contributed by atoms with E-state index in [0.29, 0.717) is 17.5 Å². The molecule has 5 nitrogen and oxygen atoms in total. The van der Waals surface area contributed by atoms with Crippen LogP contribution in [0.3, 0.4) is 0 Å². The molecule has 1 aromatic heterocycles. The minimum atomic E-state index is -0.0180. The number of likely N-dealkylation sites (tertiary alicyclic amines) is 1. The summed E-state index contributed by atoms with van der Waals surface area (Å²) in [5.41, 5.74) is 1.32. The van der Waals surface area contributed by atoms with Crippen LogP contribution >= 0.6 is 0 Å². The van der Waals surface area contributed by atoms with Crippen molar-refractivity contribution in [3.63, 3.8) is 0 Å². The van der Waals surface area contributed by atoms with Crippen molar-refractivity contribution in [1.82, 2.24) is 19.9 Å². The third-order valence-electron chi connectivity index (χ3n) is 3.89. The SMILES string of the molecule is CC1CC(C)CN(C(=O)c2cn(-c3ccccc3)nn2)C1. The first-order chi connectivity index (χ1) is 10.1. The summed E-state index contributed by atoms with van der Waals surface area (Å²) in [6.07, 6.45) is 2.89. The Morgan fingerprint density at radius 2 is 1.81 bits per heavy atom. The standard InChI is InChI=1S/C16H20N4O/c1-12-8-13(2)10-19(9-12)16(21)15-11-20(18-17-15)14-6-4-3-5-7-14/h3-7,11-13H,8-10H2,1-2H3. The van der Waals surface area contributed by atoms with Gasteiger partial charge in [0.2, 0.25) is 0 Å². The molecular weight excluding hydrogens is 264 g/mol. The Labute approximate surface area is 124 Å². The van der Waals surface area contributed by atoms with Crippen LogP contribution in [-0.2, 0) is 0 Å². The maximum atomic E-state index is 12.5. The van der Waals surface area contributed by atoms with E-state index in [0.717, 1.165) is 18.8 Å². The van der Waals surface area contributed by atoms with E-state index in [1.165, 1.54) is 6.42 Å². The maximum Gasteiger partial charge on any atom is 0.276 e. The van der Waals surface area contributed by atoms with Gasteiger partial charge in [0.25, 0.3) is 5.91 Å². The highest BCUT2D eigenvalue weighted by Gasteiger charge is 2.27. The van der Waals surface area contributed by atoms with Gasteiger partial charge in [-0.1, -0.05) is 37.3 Å². The fraction of sp³-hybridized carbons (Fsp3) is 0.438. The van der Waals surface area contributed by atoms with Gasteiger partial charge >= 0.3 is 0 Å². The summed E-state index contributed by atoms with van der Waals surface area (Å²) in [6.45, 7) is 6.00. The highest BCUT2D eigenvalue weighted by atomic mass is 16.2. The summed E-state index contributed by atoms with van der Waals surface area (Å²) < 4.78 is 1.64. The number of carbonyl (C=O) groups excluding carboxylic acids is 1. The summed E-state index contributed by atoms with van der Waals surface area (Å²) >= 11 is 0. The van der Waals surface area contributed by atoms with E-state index in [-0.39, 0.29) is 5.91 Å². The zero-order valence-corrected chi connectivity index (χ0v) is 12.4. The largest absolute Gasteiger partial charge is 0.337 e. The average molecular weight is 284 g/mol. The number of rotatable bonds is 2. The van der Waals surface area contributed by atoms with E-state index in [2.05, 4.69) is 24.2 Å². The normalized spacial score (nSPS) is 22.3. The molecule has 1 saturated heterocycles. The van der Waals surface area contributed by atoms with Gasteiger partial charge < -0.3 is 4.90 Å². The van der Waals surface area contributed by atoms with Gasteiger partial charge in [0.15, 0.2) is 5.69 Å². The molecule has 2 unspecified atom stereocenters. The number of piperidine rings is 1. The third-order valence-corrected chi connectivity index (χ3v) is 3.89. The summed E-state index contributed by atoms with van der Waals surface area (Å²) in [5.74, 6) is 1.07. The average Bonchev–Trinajstić information content (AvgIpc) is 2.96. The predicted octanol–water partition coefficient (Wildman–Crippen LogP) is 2.39. The second kappa shape index (κ2) is 5.68. The quantitative estimate of drug-likeness (QED) is 0.851. The fourth-order valence-electron chi connectivity index (χ4n) is 3.06. The van der Waals surface area contributed by atoms with E-state index in [1.807, 2.05) is 35.2 Å². The van der Waals surface area contributed by atoms with Gasteiger partial charge in [-0.25, -0.2) is 4.68 Å². The van der Waals surface area contributed by atoms with Crippen LogP contribution in [0.2, 0.25) is 0 Å². The second-order valence-corrected chi connectivity index (χ2v) is 6.04. The van der Waals surface area contributed by atoms with Gasteiger partial charge in [0.1, 0.15) is 0 Å². The summed E-state index contributed by atoms with van der Waals surface area (Å²) in [4.78, 5) is 14.4. The molecule has 1 fully saturated rings. The summed E-state index contributed by atoms with van der Waals surface area (Å²) in [6, 6.07) is 9.70. The molecule has 5 heteroatoms. The fourth-order valence-corrected chi connectivity index (χ4v) is 3.06. The zero-order chi connectivity index (χ0) is 14.8. The first-order valence-electron chi connectivity index (χ1n) is 7.40. The van der Waals surface area contributed by atoms with Crippen LogP contribution in [0.4, 0.5) is 0 Å². The monoisotopic (exact) mass is 284 g/mol.